The Kier molecular flexibility index (Phi) is 15.6. The number of carboxylic acid groups (broad SMARTS) is 1. The number of hydrogen-bond donors (Lipinski definition) is 5. The topological polar surface area (TPSA) is 199 Å². The average molecular weight is 890 g/mol. The minimum absolute atomic E-state index is 0.00896. The van der Waals surface area contributed by atoms with E-state index < -0.39 is 64.6 Å². The molecule has 0 aliphatic carbocycles. The first-order chi connectivity index (χ1) is 26.0. The minimum atomic E-state index is -1.39. The van der Waals surface area contributed by atoms with E-state index in [-0.39, 0.29) is 49.2 Å². The van der Waals surface area contributed by atoms with Crippen LogP contribution < -0.4 is 21.3 Å². The summed E-state index contributed by atoms with van der Waals surface area (Å²) in [5.74, 6) is -4.41. The maximum absolute atomic E-state index is 14.3. The second-order valence-corrected chi connectivity index (χ2v) is 17.1. The van der Waals surface area contributed by atoms with Crippen molar-refractivity contribution in [2.24, 2.45) is 18.4 Å². The van der Waals surface area contributed by atoms with Gasteiger partial charge in [0.1, 0.15) is 12.1 Å². The Morgan fingerprint density at radius 3 is 2.12 bits per heavy atom. The number of aliphatic carboxylic acids is 1. The van der Waals surface area contributed by atoms with E-state index >= 15 is 0 Å². The molecule has 1 aromatic carbocycles. The second-order valence-electron chi connectivity index (χ2n) is 16.1. The molecule has 0 fully saturated rings. The molecule has 4 atom stereocenters. The first-order valence-corrected chi connectivity index (χ1v) is 19.5. The van der Waals surface area contributed by atoms with E-state index in [4.69, 9.17) is 0 Å². The lowest BCUT2D eigenvalue weighted by Gasteiger charge is -2.39. The molecule has 0 saturated carbocycles. The number of hydrogen-bond acceptors (Lipinski definition) is 8. The van der Waals surface area contributed by atoms with Crippen LogP contribution in [0.1, 0.15) is 73.8 Å². The van der Waals surface area contributed by atoms with Crippen LogP contribution in [-0.4, -0.2) is 103 Å². The summed E-state index contributed by atoms with van der Waals surface area (Å²) in [6.45, 7) is 14.8. The van der Waals surface area contributed by atoms with Crippen LogP contribution in [0.5, 0.6) is 0 Å². The predicted molar refractivity (Wildman–Crippen MR) is 221 cm³/mol. The van der Waals surface area contributed by atoms with Gasteiger partial charge >= 0.3 is 5.97 Å². The number of nitrogens with one attached hydrogen (secondary N) is 4. The van der Waals surface area contributed by atoms with E-state index in [1.165, 1.54) is 10.0 Å². The van der Waals surface area contributed by atoms with E-state index in [1.807, 2.05) is 113 Å². The van der Waals surface area contributed by atoms with Crippen molar-refractivity contribution in [3.8, 4) is 0 Å². The Morgan fingerprint density at radius 2 is 1.57 bits per heavy atom. The quantitative estimate of drug-likeness (QED) is 0.0647. The van der Waals surface area contributed by atoms with Crippen molar-refractivity contribution in [1.29, 1.82) is 0 Å². The molecule has 2 aromatic rings. The van der Waals surface area contributed by atoms with Crippen LogP contribution >= 0.6 is 22.9 Å². The lowest BCUT2D eigenvalue weighted by atomic mass is 9.76. The average Bonchev–Trinajstić information content (AvgIpc) is 3.63. The van der Waals surface area contributed by atoms with Gasteiger partial charge < -0.3 is 30.9 Å². The molecule has 306 valence electrons. The highest BCUT2D eigenvalue weighted by atomic mass is 127. The van der Waals surface area contributed by atoms with E-state index in [1.54, 1.807) is 13.1 Å². The number of imide groups is 1. The number of likely N-dealkylation sites (N-methyl/N-ethyl adjacent to an activating group) is 1. The summed E-state index contributed by atoms with van der Waals surface area (Å²) in [6.07, 6.45) is 5.44. The SMILES string of the molecule is CN[C@H](C(=O)N[C@H](C(=O)N(I)[C@H](/C=C(\C)C(=O)N[C@@H](CCC(=O)NCCN1C(=O)C=CC1=O)C(=O)O)C(C)C)C(C)(C)C)C(C)(C)c1cn(C)c2ccccc12. The Hall–Kier alpha value is -4.58. The van der Waals surface area contributed by atoms with Crippen molar-refractivity contribution in [1.82, 2.24) is 33.8 Å². The van der Waals surface area contributed by atoms with Crippen LogP contribution in [0.4, 0.5) is 0 Å². The lowest BCUT2D eigenvalue weighted by molar-refractivity contribution is -0.142. The Labute approximate surface area is 342 Å². The van der Waals surface area contributed by atoms with Gasteiger partial charge in [0.15, 0.2) is 0 Å². The van der Waals surface area contributed by atoms with Crippen molar-refractivity contribution < 1.29 is 38.7 Å². The van der Waals surface area contributed by atoms with E-state index in [9.17, 15) is 38.7 Å². The molecular weight excluding hydrogens is 833 g/mol. The summed E-state index contributed by atoms with van der Waals surface area (Å²) < 4.78 is 3.50. The standard InChI is InChI=1S/C40H56IN7O8/c1-23(2)29(21-24(3)35(52)44-27(38(55)56)15-16-30(49)43-19-20-47-31(50)17-18-32(47)51)48(41)37(54)34(39(4,5)6)45-36(53)33(42-9)40(7,8)26-22-46(10)28-14-12-11-13-25(26)28/h11-14,17-18,21-23,27,29,33-34,42H,15-16,19-20H2,1-10H3,(H,43,49)(H,44,52)(H,45,53)(H,55,56)/b24-21+/t27-,29+,33+,34+/m0/s1. The van der Waals surface area contributed by atoms with Crippen LogP contribution in [0.2, 0.25) is 0 Å². The number of nitrogens with zero attached hydrogens (tertiary/aromatic N) is 3. The third kappa shape index (κ3) is 11.0. The molecular formula is C40H56IN7O8. The Balaban J connectivity index is 1.72. The lowest BCUT2D eigenvalue weighted by Crippen LogP contribution is -2.61. The number of halogens is 1. The Bertz CT molecular complexity index is 1880. The molecule has 1 aliphatic heterocycles. The number of para-hydroxylation sites is 1. The van der Waals surface area contributed by atoms with Gasteiger partial charge in [-0.3, -0.25) is 36.8 Å². The summed E-state index contributed by atoms with van der Waals surface area (Å²) in [6, 6.07) is 4.31. The monoisotopic (exact) mass is 889 g/mol. The summed E-state index contributed by atoms with van der Waals surface area (Å²) in [7, 11) is 3.68. The molecule has 1 aliphatic rings. The number of aryl methyl sites for hydroxylation is 1. The Morgan fingerprint density at radius 1 is 0.964 bits per heavy atom. The fourth-order valence-electron chi connectivity index (χ4n) is 6.68. The van der Waals surface area contributed by atoms with Gasteiger partial charge in [0.2, 0.25) is 17.7 Å². The van der Waals surface area contributed by atoms with Gasteiger partial charge in [0.25, 0.3) is 17.7 Å². The van der Waals surface area contributed by atoms with Crippen molar-refractivity contribution in [3.63, 3.8) is 0 Å². The number of carboxylic acids is 1. The van der Waals surface area contributed by atoms with Gasteiger partial charge in [-0.1, -0.05) is 72.7 Å². The number of amides is 6. The van der Waals surface area contributed by atoms with Crippen LogP contribution in [0.25, 0.3) is 10.9 Å². The van der Waals surface area contributed by atoms with Gasteiger partial charge in [-0.2, -0.15) is 0 Å². The van der Waals surface area contributed by atoms with Gasteiger partial charge in [-0.15, -0.1) is 0 Å². The normalized spacial score (nSPS) is 15.8. The van der Waals surface area contributed by atoms with Crippen LogP contribution in [0, 0.1) is 11.3 Å². The van der Waals surface area contributed by atoms with Crippen molar-refractivity contribution in [2.75, 3.05) is 20.1 Å². The molecule has 2 heterocycles. The van der Waals surface area contributed by atoms with Gasteiger partial charge in [-0.25, -0.2) is 4.79 Å². The summed E-state index contributed by atoms with van der Waals surface area (Å²) in [5.41, 5.74) is 0.779. The molecule has 3 rings (SSSR count). The number of aromatic nitrogens is 1. The largest absolute Gasteiger partial charge is 0.480 e. The second kappa shape index (κ2) is 19.0. The molecule has 15 nitrogen and oxygen atoms in total. The zero-order chi connectivity index (χ0) is 42.3. The highest BCUT2D eigenvalue weighted by Crippen LogP contribution is 2.35. The van der Waals surface area contributed by atoms with Gasteiger partial charge in [0, 0.05) is 66.8 Å². The number of rotatable bonds is 18. The highest BCUT2D eigenvalue weighted by Gasteiger charge is 2.43. The first kappa shape index (κ1) is 45.8. The third-order valence-electron chi connectivity index (χ3n) is 10.0. The highest BCUT2D eigenvalue weighted by molar-refractivity contribution is 14.1. The minimum Gasteiger partial charge on any atom is -0.480 e. The zero-order valence-electron chi connectivity index (χ0n) is 33.9. The smallest absolute Gasteiger partial charge is 0.326 e. The maximum atomic E-state index is 14.3. The molecule has 5 N–H and O–H groups in total. The van der Waals surface area contributed by atoms with Crippen molar-refractivity contribution in [2.45, 2.75) is 97.8 Å². The van der Waals surface area contributed by atoms with E-state index in [2.05, 4.69) is 21.3 Å². The number of carbonyl (C=O) groups excluding carboxylic acids is 6. The molecule has 0 spiro atoms. The van der Waals surface area contributed by atoms with Crippen molar-refractivity contribution >= 4 is 75.2 Å². The molecule has 0 bridgehead atoms. The number of carbonyl (C=O) groups is 7. The van der Waals surface area contributed by atoms with Gasteiger partial charge in [-0.05, 0) is 43.4 Å². The molecule has 16 heteroatoms. The number of fused-ring (bicyclic) bond motifs is 1. The molecule has 0 unspecified atom stereocenters. The fourth-order valence-corrected chi connectivity index (χ4v) is 7.76. The molecule has 56 heavy (non-hydrogen) atoms. The van der Waals surface area contributed by atoms with E-state index in [0.717, 1.165) is 33.5 Å². The fraction of sp³-hybridized carbons (Fsp3) is 0.525. The first-order valence-electron chi connectivity index (χ1n) is 18.6. The van der Waals surface area contributed by atoms with Crippen LogP contribution in [0.3, 0.4) is 0 Å². The summed E-state index contributed by atoms with van der Waals surface area (Å²) >= 11 is 1.91. The summed E-state index contributed by atoms with van der Waals surface area (Å²) in [5, 5.41) is 22.1. The maximum Gasteiger partial charge on any atom is 0.326 e. The number of benzene rings is 1. The third-order valence-corrected chi connectivity index (χ3v) is 11.1. The van der Waals surface area contributed by atoms with Crippen LogP contribution in [0.15, 0.2) is 54.3 Å². The van der Waals surface area contributed by atoms with Crippen LogP contribution in [-0.2, 0) is 46.0 Å². The molecule has 0 saturated heterocycles. The molecule has 0 radical (unpaired) electrons. The summed E-state index contributed by atoms with van der Waals surface area (Å²) in [4.78, 5) is 90.5. The molecule has 6 amide bonds. The van der Waals surface area contributed by atoms with Gasteiger partial charge in [0.05, 0.1) is 34.9 Å². The zero-order valence-corrected chi connectivity index (χ0v) is 36.0. The predicted octanol–water partition coefficient (Wildman–Crippen LogP) is 3.12. The molecule has 1 aromatic heterocycles. The van der Waals surface area contributed by atoms with E-state index in [0.29, 0.717) is 0 Å². The van der Waals surface area contributed by atoms with Crippen molar-refractivity contribution in [3.05, 3.63) is 59.8 Å².